The molecule has 6 nitrogen and oxygen atoms in total. The molecule has 0 radical (unpaired) electrons. The van der Waals surface area contributed by atoms with Gasteiger partial charge in [0.2, 0.25) is 0 Å². The van der Waals surface area contributed by atoms with E-state index in [1.807, 2.05) is 0 Å². The van der Waals surface area contributed by atoms with Gasteiger partial charge in [-0.25, -0.2) is 4.79 Å². The van der Waals surface area contributed by atoms with Crippen LogP contribution in [-0.2, 0) is 14.4 Å². The Morgan fingerprint density at radius 2 is 1.85 bits per heavy atom. The molecule has 1 heterocycles. The van der Waals surface area contributed by atoms with Gasteiger partial charge in [0.15, 0.2) is 0 Å². The van der Waals surface area contributed by atoms with Gasteiger partial charge in [0.05, 0.1) is 6.54 Å². The fourth-order valence-electron chi connectivity index (χ4n) is 0.813. The lowest BCUT2D eigenvalue weighted by Crippen LogP contribution is -2.37. The molecule has 0 aromatic carbocycles. The second-order valence-electron chi connectivity index (χ2n) is 2.38. The van der Waals surface area contributed by atoms with E-state index in [0.717, 1.165) is 12.2 Å². The summed E-state index contributed by atoms with van der Waals surface area (Å²) < 4.78 is 0. The van der Waals surface area contributed by atoms with Gasteiger partial charge in [0.1, 0.15) is 5.71 Å². The fraction of sp³-hybridized carbons (Fsp3) is 0.143. The van der Waals surface area contributed by atoms with Crippen molar-refractivity contribution in [1.29, 1.82) is 5.41 Å². The third kappa shape index (κ3) is 1.78. The first-order valence-corrected chi connectivity index (χ1v) is 3.36. The summed E-state index contributed by atoms with van der Waals surface area (Å²) in [5.41, 5.74) is -0.689. The number of imide groups is 1. The number of hydrogen-bond donors (Lipinski definition) is 2. The van der Waals surface area contributed by atoms with Gasteiger partial charge >= 0.3 is 5.97 Å². The number of amides is 2. The Labute approximate surface area is 73.0 Å². The Morgan fingerprint density at radius 1 is 1.38 bits per heavy atom. The van der Waals surface area contributed by atoms with Crippen LogP contribution in [0, 0.1) is 5.41 Å². The van der Waals surface area contributed by atoms with Crippen molar-refractivity contribution < 1.29 is 19.5 Å². The highest BCUT2D eigenvalue weighted by Crippen LogP contribution is 2.02. The molecular formula is C7H6N2O4. The van der Waals surface area contributed by atoms with Crippen LogP contribution in [0.3, 0.4) is 0 Å². The first-order valence-electron chi connectivity index (χ1n) is 3.36. The molecule has 0 aromatic heterocycles. The number of carboxylic acids is 1. The molecule has 0 aromatic rings. The molecule has 2 N–H and O–H groups in total. The van der Waals surface area contributed by atoms with Gasteiger partial charge < -0.3 is 5.11 Å². The molecule has 6 heteroatoms. The summed E-state index contributed by atoms with van der Waals surface area (Å²) in [6.07, 6.45) is 2.08. The van der Waals surface area contributed by atoms with E-state index >= 15 is 0 Å². The monoisotopic (exact) mass is 182 g/mol. The number of rotatable bonds is 3. The highest BCUT2D eigenvalue weighted by Gasteiger charge is 2.25. The molecule has 13 heavy (non-hydrogen) atoms. The van der Waals surface area contributed by atoms with Crippen LogP contribution in [-0.4, -0.2) is 40.0 Å². The molecule has 0 bridgehead atoms. The van der Waals surface area contributed by atoms with E-state index in [1.165, 1.54) is 0 Å². The largest absolute Gasteiger partial charge is 0.477 e. The van der Waals surface area contributed by atoms with Gasteiger partial charge in [-0.05, 0) is 0 Å². The number of nitrogens with one attached hydrogen (secondary N) is 1. The number of carbonyl (C=O) groups is 3. The van der Waals surface area contributed by atoms with Crippen LogP contribution in [0.15, 0.2) is 12.2 Å². The number of nitrogens with zero attached hydrogens (tertiary/aromatic N) is 1. The number of carboxylic acid groups (broad SMARTS) is 1. The summed E-state index contributed by atoms with van der Waals surface area (Å²) in [6.45, 7) is -0.486. The third-order valence-corrected chi connectivity index (χ3v) is 1.47. The van der Waals surface area contributed by atoms with Crippen molar-refractivity contribution in [2.75, 3.05) is 6.54 Å². The lowest BCUT2D eigenvalue weighted by Gasteiger charge is -2.11. The molecule has 0 spiro atoms. The lowest BCUT2D eigenvalue weighted by atomic mass is 10.3. The Kier molecular flexibility index (Phi) is 2.23. The van der Waals surface area contributed by atoms with Gasteiger partial charge in [0, 0.05) is 12.2 Å². The van der Waals surface area contributed by atoms with Gasteiger partial charge in [-0.3, -0.25) is 19.9 Å². The second kappa shape index (κ2) is 3.18. The van der Waals surface area contributed by atoms with Crippen molar-refractivity contribution in [2.45, 2.75) is 0 Å². The molecule has 1 aliphatic heterocycles. The first kappa shape index (κ1) is 9.11. The highest BCUT2D eigenvalue weighted by molar-refractivity contribution is 6.36. The minimum atomic E-state index is -1.44. The molecule has 0 fully saturated rings. The summed E-state index contributed by atoms with van der Waals surface area (Å²) >= 11 is 0. The molecule has 68 valence electrons. The average Bonchev–Trinajstić information content (AvgIpc) is 2.35. The maximum Gasteiger partial charge on any atom is 0.351 e. The first-order chi connectivity index (χ1) is 6.02. The zero-order valence-corrected chi connectivity index (χ0v) is 6.48. The molecule has 2 amide bonds. The van der Waals surface area contributed by atoms with Crippen LogP contribution in [0.4, 0.5) is 0 Å². The van der Waals surface area contributed by atoms with Gasteiger partial charge in [-0.2, -0.15) is 0 Å². The number of carbonyl (C=O) groups excluding carboxylic acids is 2. The lowest BCUT2D eigenvalue weighted by molar-refractivity contribution is -0.135. The quantitative estimate of drug-likeness (QED) is 0.432. The minimum absolute atomic E-state index is 0.486. The summed E-state index contributed by atoms with van der Waals surface area (Å²) in [7, 11) is 0. The van der Waals surface area contributed by atoms with E-state index in [2.05, 4.69) is 0 Å². The van der Waals surface area contributed by atoms with Crippen molar-refractivity contribution in [3.8, 4) is 0 Å². The van der Waals surface area contributed by atoms with Gasteiger partial charge in [0.25, 0.3) is 11.8 Å². The normalized spacial score (nSPS) is 15.2. The van der Waals surface area contributed by atoms with Crippen LogP contribution < -0.4 is 0 Å². The number of hydrogen-bond acceptors (Lipinski definition) is 4. The Hall–Kier alpha value is -1.98. The van der Waals surface area contributed by atoms with E-state index in [0.29, 0.717) is 4.90 Å². The summed E-state index contributed by atoms with van der Waals surface area (Å²) in [5.74, 6) is -2.61. The van der Waals surface area contributed by atoms with E-state index in [1.54, 1.807) is 0 Å². The fourth-order valence-corrected chi connectivity index (χ4v) is 0.813. The molecule has 1 aliphatic rings. The third-order valence-electron chi connectivity index (χ3n) is 1.47. The molecule has 0 saturated carbocycles. The maximum atomic E-state index is 10.9. The zero-order chi connectivity index (χ0) is 10.0. The topological polar surface area (TPSA) is 98.5 Å². The van der Waals surface area contributed by atoms with Crippen LogP contribution >= 0.6 is 0 Å². The van der Waals surface area contributed by atoms with E-state index < -0.39 is 30.0 Å². The predicted molar refractivity (Wildman–Crippen MR) is 41.2 cm³/mol. The SMILES string of the molecule is N=C(CN1C(=O)C=CC1=O)C(=O)O. The van der Waals surface area contributed by atoms with Crippen molar-refractivity contribution in [2.24, 2.45) is 0 Å². The minimum Gasteiger partial charge on any atom is -0.477 e. The Bertz CT molecular complexity index is 313. The van der Waals surface area contributed by atoms with Gasteiger partial charge in [-0.1, -0.05) is 0 Å². The molecule has 0 saturated heterocycles. The maximum absolute atomic E-state index is 10.9. The zero-order valence-electron chi connectivity index (χ0n) is 6.48. The summed E-state index contributed by atoms with van der Waals surface area (Å²) in [5, 5.41) is 15.2. The van der Waals surface area contributed by atoms with E-state index in [-0.39, 0.29) is 0 Å². The highest BCUT2D eigenvalue weighted by atomic mass is 16.4. The molecule has 0 aliphatic carbocycles. The van der Waals surface area contributed by atoms with E-state index in [4.69, 9.17) is 10.5 Å². The predicted octanol–water partition coefficient (Wildman–Crippen LogP) is -0.984. The van der Waals surface area contributed by atoms with Crippen molar-refractivity contribution >= 4 is 23.5 Å². The van der Waals surface area contributed by atoms with Gasteiger partial charge in [-0.15, -0.1) is 0 Å². The van der Waals surface area contributed by atoms with Crippen molar-refractivity contribution in [3.63, 3.8) is 0 Å². The molecule has 0 unspecified atom stereocenters. The standard InChI is InChI=1S/C7H6N2O4/c8-4(7(12)13)3-9-5(10)1-2-6(9)11/h1-2,8H,3H2,(H,12,13). The molecule has 0 atom stereocenters. The van der Waals surface area contributed by atoms with E-state index in [9.17, 15) is 14.4 Å². The smallest absolute Gasteiger partial charge is 0.351 e. The summed E-state index contributed by atoms with van der Waals surface area (Å²) in [6, 6.07) is 0. The van der Waals surface area contributed by atoms with Crippen molar-refractivity contribution in [3.05, 3.63) is 12.2 Å². The van der Waals surface area contributed by atoms with Crippen molar-refractivity contribution in [1.82, 2.24) is 4.90 Å². The molecular weight excluding hydrogens is 176 g/mol. The Morgan fingerprint density at radius 3 is 2.23 bits per heavy atom. The second-order valence-corrected chi connectivity index (χ2v) is 2.38. The van der Waals surface area contributed by atoms with Crippen LogP contribution in [0.25, 0.3) is 0 Å². The van der Waals surface area contributed by atoms with Crippen LogP contribution in [0.5, 0.6) is 0 Å². The summed E-state index contributed by atoms with van der Waals surface area (Å²) in [4.78, 5) is 32.6. The van der Waals surface area contributed by atoms with Crippen LogP contribution in [0.2, 0.25) is 0 Å². The molecule has 1 rings (SSSR count). The number of aliphatic carboxylic acids is 1. The Balaban J connectivity index is 2.66. The average molecular weight is 182 g/mol. The van der Waals surface area contributed by atoms with Crippen LogP contribution in [0.1, 0.15) is 0 Å².